The second kappa shape index (κ2) is 7.57. The molecular formula is C16H13F3N2O6S2. The predicted molar refractivity (Wildman–Crippen MR) is 97.7 cm³/mol. The highest BCUT2D eigenvalue weighted by molar-refractivity contribution is 7.94. The van der Waals surface area contributed by atoms with Gasteiger partial charge in [-0.25, -0.2) is 13.2 Å². The van der Waals surface area contributed by atoms with Gasteiger partial charge in [0.15, 0.2) is 0 Å². The van der Waals surface area contributed by atoms with Crippen molar-refractivity contribution in [1.29, 1.82) is 0 Å². The number of hydrogen-bond donors (Lipinski definition) is 2. The molecule has 0 atom stereocenters. The van der Waals surface area contributed by atoms with E-state index in [4.69, 9.17) is 4.74 Å². The van der Waals surface area contributed by atoms with Gasteiger partial charge < -0.3 is 19.1 Å². The third kappa shape index (κ3) is 4.46. The fourth-order valence-electron chi connectivity index (χ4n) is 2.71. The zero-order chi connectivity index (χ0) is 21.4. The van der Waals surface area contributed by atoms with Gasteiger partial charge in [-0.1, -0.05) is 6.07 Å². The quantitative estimate of drug-likeness (QED) is 0.569. The number of alkyl halides is 3. The Bertz CT molecular complexity index is 1150. The Morgan fingerprint density at radius 1 is 1.31 bits per heavy atom. The standard InChI is InChI=1S/C16H13F3N2O6S2/c1-26-8-21-12(15(22)23)6-9-5-10(27-16(17,18)19)7-11(14(9)21)20-29(24,25)13-3-2-4-28-13/h2-7,20H,8H2,1H3,(H,22,23). The molecule has 0 saturated heterocycles. The van der Waals surface area contributed by atoms with Gasteiger partial charge in [0, 0.05) is 18.6 Å². The lowest BCUT2D eigenvalue weighted by molar-refractivity contribution is -0.274. The van der Waals surface area contributed by atoms with E-state index >= 15 is 0 Å². The smallest absolute Gasteiger partial charge is 0.477 e. The molecule has 13 heteroatoms. The summed E-state index contributed by atoms with van der Waals surface area (Å²) in [6.45, 7) is -0.279. The Kier molecular flexibility index (Phi) is 5.47. The van der Waals surface area contributed by atoms with E-state index < -0.39 is 28.1 Å². The molecule has 0 aliphatic rings. The molecule has 0 unspecified atom stereocenters. The summed E-state index contributed by atoms with van der Waals surface area (Å²) in [7, 11) is -2.85. The minimum Gasteiger partial charge on any atom is -0.477 e. The summed E-state index contributed by atoms with van der Waals surface area (Å²) in [5.74, 6) is -2.08. The average molecular weight is 450 g/mol. The number of thiophene rings is 1. The van der Waals surface area contributed by atoms with Crippen LogP contribution in [0.15, 0.2) is 39.9 Å². The zero-order valence-electron chi connectivity index (χ0n) is 14.6. The molecule has 2 heterocycles. The van der Waals surface area contributed by atoms with Crippen molar-refractivity contribution in [1.82, 2.24) is 4.57 Å². The van der Waals surface area contributed by atoms with Crippen molar-refractivity contribution in [2.75, 3.05) is 11.8 Å². The number of anilines is 1. The van der Waals surface area contributed by atoms with Crippen molar-refractivity contribution in [3.8, 4) is 5.75 Å². The van der Waals surface area contributed by atoms with E-state index in [0.717, 1.165) is 34.1 Å². The highest BCUT2D eigenvalue weighted by Gasteiger charge is 2.32. The first-order valence-corrected chi connectivity index (χ1v) is 10.1. The molecule has 2 aromatic heterocycles. The van der Waals surface area contributed by atoms with Crippen LogP contribution >= 0.6 is 11.3 Å². The molecule has 29 heavy (non-hydrogen) atoms. The topological polar surface area (TPSA) is 107 Å². The van der Waals surface area contributed by atoms with Crippen molar-refractivity contribution >= 4 is 43.9 Å². The van der Waals surface area contributed by atoms with E-state index in [-0.39, 0.29) is 33.2 Å². The minimum absolute atomic E-state index is 0.0186. The van der Waals surface area contributed by atoms with Gasteiger partial charge in [0.1, 0.15) is 22.4 Å². The summed E-state index contributed by atoms with van der Waals surface area (Å²) in [6, 6.07) is 5.71. The molecule has 3 rings (SSSR count). The van der Waals surface area contributed by atoms with E-state index in [1.54, 1.807) is 0 Å². The number of carbonyl (C=O) groups is 1. The average Bonchev–Trinajstić information content (AvgIpc) is 3.22. The Balaban J connectivity index is 2.24. The summed E-state index contributed by atoms with van der Waals surface area (Å²) in [6.07, 6.45) is -5.03. The maximum Gasteiger partial charge on any atom is 0.573 e. The molecule has 2 N–H and O–H groups in total. The van der Waals surface area contributed by atoms with Gasteiger partial charge in [0.2, 0.25) is 0 Å². The number of carboxylic acids is 1. The Morgan fingerprint density at radius 2 is 2.03 bits per heavy atom. The molecule has 0 fully saturated rings. The maximum absolute atomic E-state index is 12.7. The number of sulfonamides is 1. The van der Waals surface area contributed by atoms with Gasteiger partial charge in [0.05, 0.1) is 11.2 Å². The summed E-state index contributed by atoms with van der Waals surface area (Å²) in [4.78, 5) is 11.5. The maximum atomic E-state index is 12.7. The number of halogens is 3. The third-order valence-corrected chi connectivity index (χ3v) is 6.44. The van der Waals surface area contributed by atoms with Crippen LogP contribution in [0.3, 0.4) is 0 Å². The normalized spacial score (nSPS) is 12.3. The van der Waals surface area contributed by atoms with Gasteiger partial charge in [-0.3, -0.25) is 4.72 Å². The Labute approximate surface area is 166 Å². The molecular weight excluding hydrogens is 437 g/mol. The number of benzene rings is 1. The van der Waals surface area contributed by atoms with Gasteiger partial charge >= 0.3 is 12.3 Å². The second-order valence-electron chi connectivity index (χ2n) is 5.67. The lowest BCUT2D eigenvalue weighted by Crippen LogP contribution is -2.18. The largest absolute Gasteiger partial charge is 0.573 e. The number of rotatable bonds is 7. The number of ether oxygens (including phenoxy) is 2. The molecule has 0 saturated carbocycles. The van der Waals surface area contributed by atoms with Crippen LogP contribution in [0.2, 0.25) is 0 Å². The molecule has 0 aliphatic carbocycles. The van der Waals surface area contributed by atoms with Gasteiger partial charge in [0.25, 0.3) is 10.0 Å². The van der Waals surface area contributed by atoms with Crippen LogP contribution in [-0.4, -0.2) is 37.5 Å². The number of hydrogen-bond acceptors (Lipinski definition) is 6. The molecule has 0 spiro atoms. The number of aromatic carboxylic acids is 1. The van der Waals surface area contributed by atoms with Crippen LogP contribution in [0.25, 0.3) is 10.9 Å². The number of methoxy groups -OCH3 is 1. The first kappa shape index (κ1) is 21.0. The lowest BCUT2D eigenvalue weighted by Gasteiger charge is -2.15. The van der Waals surface area contributed by atoms with Crippen LogP contribution in [0.5, 0.6) is 5.75 Å². The van der Waals surface area contributed by atoms with E-state index in [1.807, 2.05) is 0 Å². The van der Waals surface area contributed by atoms with Crippen LogP contribution < -0.4 is 9.46 Å². The first-order valence-electron chi connectivity index (χ1n) is 7.73. The summed E-state index contributed by atoms with van der Waals surface area (Å²) < 4.78 is 75.4. The number of nitrogens with one attached hydrogen (secondary N) is 1. The highest BCUT2D eigenvalue weighted by atomic mass is 32.2. The number of aromatic nitrogens is 1. The van der Waals surface area contributed by atoms with Crippen LogP contribution in [0.1, 0.15) is 10.5 Å². The van der Waals surface area contributed by atoms with Crippen LogP contribution in [-0.2, 0) is 21.5 Å². The number of nitrogens with zero attached hydrogens (tertiary/aromatic N) is 1. The molecule has 0 amide bonds. The molecule has 0 bridgehead atoms. The molecule has 0 aliphatic heterocycles. The van der Waals surface area contributed by atoms with Gasteiger partial charge in [-0.2, -0.15) is 0 Å². The van der Waals surface area contributed by atoms with E-state index in [0.29, 0.717) is 0 Å². The zero-order valence-corrected chi connectivity index (χ0v) is 16.2. The van der Waals surface area contributed by atoms with Gasteiger partial charge in [-0.05, 0) is 23.6 Å². The van der Waals surface area contributed by atoms with Gasteiger partial charge in [-0.15, -0.1) is 24.5 Å². The van der Waals surface area contributed by atoms with Crippen molar-refractivity contribution in [3.05, 3.63) is 41.4 Å². The lowest BCUT2D eigenvalue weighted by atomic mass is 10.2. The van der Waals surface area contributed by atoms with E-state index in [9.17, 15) is 31.5 Å². The molecule has 156 valence electrons. The molecule has 0 radical (unpaired) electrons. The Hall–Kier alpha value is -2.77. The van der Waals surface area contributed by atoms with E-state index in [2.05, 4.69) is 9.46 Å². The summed E-state index contributed by atoms with van der Waals surface area (Å²) >= 11 is 0.906. The van der Waals surface area contributed by atoms with Crippen LogP contribution in [0, 0.1) is 0 Å². The minimum atomic E-state index is -5.03. The molecule has 1 aromatic carbocycles. The van der Waals surface area contributed by atoms with Crippen molar-refractivity contribution < 1.29 is 41.0 Å². The second-order valence-corrected chi connectivity index (χ2v) is 8.53. The van der Waals surface area contributed by atoms with Crippen molar-refractivity contribution in [2.45, 2.75) is 17.3 Å². The highest BCUT2D eigenvalue weighted by Crippen LogP contribution is 2.36. The number of carboxylic acid groups (broad SMARTS) is 1. The van der Waals surface area contributed by atoms with Crippen molar-refractivity contribution in [2.24, 2.45) is 0 Å². The summed E-state index contributed by atoms with van der Waals surface area (Å²) in [5.41, 5.74) is -0.568. The van der Waals surface area contributed by atoms with E-state index in [1.165, 1.54) is 24.6 Å². The monoisotopic (exact) mass is 450 g/mol. The Morgan fingerprint density at radius 3 is 2.59 bits per heavy atom. The molecule has 3 aromatic rings. The number of fused-ring (bicyclic) bond motifs is 1. The molecule has 8 nitrogen and oxygen atoms in total. The third-order valence-electron chi connectivity index (χ3n) is 3.68. The summed E-state index contributed by atoms with van der Waals surface area (Å²) in [5, 5.41) is 10.9. The van der Waals surface area contributed by atoms with Crippen LogP contribution in [0.4, 0.5) is 18.9 Å². The predicted octanol–water partition coefficient (Wildman–Crippen LogP) is 3.70. The fraction of sp³-hybridized carbons (Fsp3) is 0.188. The first-order chi connectivity index (χ1) is 13.5. The fourth-order valence-corrected chi connectivity index (χ4v) is 4.76. The SMILES string of the molecule is COCn1c(C(=O)O)cc2cc(OC(F)(F)F)cc(NS(=O)(=O)c3cccs3)c21. The van der Waals surface area contributed by atoms with Crippen molar-refractivity contribution in [3.63, 3.8) is 0 Å².